The van der Waals surface area contributed by atoms with Gasteiger partial charge in [-0.2, -0.15) is 5.26 Å². The monoisotopic (exact) mass is 441 g/mol. The zero-order valence-corrected chi connectivity index (χ0v) is 19.8. The van der Waals surface area contributed by atoms with Crippen molar-refractivity contribution in [3.05, 3.63) is 29.6 Å². The summed E-state index contributed by atoms with van der Waals surface area (Å²) in [6.45, 7) is 2.28. The van der Waals surface area contributed by atoms with Gasteiger partial charge in [-0.3, -0.25) is 4.79 Å². The number of hydrogen-bond acceptors (Lipinski definition) is 3. The maximum absolute atomic E-state index is 13.7. The summed E-state index contributed by atoms with van der Waals surface area (Å²) in [5.41, 5.74) is -0.0398. The Morgan fingerprint density at radius 1 is 0.969 bits per heavy atom. The van der Waals surface area contributed by atoms with Gasteiger partial charge in [0.1, 0.15) is 17.6 Å². The topological polar surface area (TPSA) is 50.1 Å². The Bertz CT molecular complexity index is 755. The summed E-state index contributed by atoms with van der Waals surface area (Å²) in [6.07, 6.45) is 19.1. The fraction of sp³-hybridized carbons (Fsp3) is 0.714. The van der Waals surface area contributed by atoms with Crippen molar-refractivity contribution < 1.29 is 13.9 Å². The Morgan fingerprint density at radius 2 is 1.59 bits per heavy atom. The van der Waals surface area contributed by atoms with E-state index in [1.54, 1.807) is 6.07 Å². The summed E-state index contributed by atoms with van der Waals surface area (Å²) in [7, 11) is 0. The molecule has 4 heteroatoms. The quantitative estimate of drug-likeness (QED) is 0.210. The van der Waals surface area contributed by atoms with Crippen molar-refractivity contribution in [1.82, 2.24) is 0 Å². The molecule has 2 saturated carbocycles. The van der Waals surface area contributed by atoms with Gasteiger partial charge in [0.15, 0.2) is 0 Å². The number of esters is 1. The molecule has 0 amide bonds. The molecule has 0 radical (unpaired) electrons. The third kappa shape index (κ3) is 7.61. The summed E-state index contributed by atoms with van der Waals surface area (Å²) < 4.78 is 18.9. The number of unbranched alkanes of at least 4 members (excludes halogenated alkanes) is 3. The molecule has 3 rings (SSSR count). The zero-order valence-electron chi connectivity index (χ0n) is 19.8. The Kier molecular flexibility index (Phi) is 10.0. The smallest absolute Gasteiger partial charge is 0.311 e. The average Bonchev–Trinajstić information content (AvgIpc) is 2.81. The van der Waals surface area contributed by atoms with Gasteiger partial charge < -0.3 is 4.74 Å². The van der Waals surface area contributed by atoms with E-state index >= 15 is 0 Å². The van der Waals surface area contributed by atoms with Crippen molar-refractivity contribution in [3.63, 3.8) is 0 Å². The highest BCUT2D eigenvalue weighted by Gasteiger charge is 2.30. The van der Waals surface area contributed by atoms with Gasteiger partial charge in [0.25, 0.3) is 0 Å². The van der Waals surface area contributed by atoms with Crippen LogP contribution in [-0.2, 0) is 4.79 Å². The largest absolute Gasteiger partial charge is 0.426 e. The maximum Gasteiger partial charge on any atom is 0.311 e. The van der Waals surface area contributed by atoms with Crippen LogP contribution in [0.5, 0.6) is 5.75 Å². The van der Waals surface area contributed by atoms with E-state index in [1.807, 2.05) is 0 Å². The molecule has 0 heterocycles. The Balaban J connectivity index is 1.30. The number of halogens is 1. The van der Waals surface area contributed by atoms with Crippen LogP contribution in [0, 0.1) is 40.8 Å². The van der Waals surface area contributed by atoms with Crippen LogP contribution in [0.1, 0.15) is 109 Å². The van der Waals surface area contributed by atoms with Crippen LogP contribution in [0.3, 0.4) is 0 Å². The predicted molar refractivity (Wildman–Crippen MR) is 126 cm³/mol. The van der Waals surface area contributed by atoms with E-state index in [2.05, 4.69) is 6.92 Å². The van der Waals surface area contributed by atoms with E-state index in [4.69, 9.17) is 10.00 Å². The SMILES string of the molecule is CCCCCC[C@H]1CC[C@H](C2CCC(CCC(=O)Oc3ccc(C#N)c(F)c3)CC2)CC1. The second-order valence-electron chi connectivity index (χ2n) is 10.2. The molecule has 0 aromatic heterocycles. The molecule has 0 aliphatic heterocycles. The van der Waals surface area contributed by atoms with E-state index in [-0.39, 0.29) is 17.3 Å². The van der Waals surface area contributed by atoms with Crippen LogP contribution in [0.25, 0.3) is 0 Å². The Labute approximate surface area is 193 Å². The van der Waals surface area contributed by atoms with Crippen LogP contribution in [0.15, 0.2) is 18.2 Å². The van der Waals surface area contributed by atoms with Crippen LogP contribution >= 0.6 is 0 Å². The lowest BCUT2D eigenvalue weighted by molar-refractivity contribution is -0.134. The number of carbonyl (C=O) groups excluding carboxylic acids is 1. The molecule has 0 unspecified atom stereocenters. The highest BCUT2D eigenvalue weighted by Crippen LogP contribution is 2.43. The van der Waals surface area contributed by atoms with E-state index in [9.17, 15) is 9.18 Å². The van der Waals surface area contributed by atoms with Gasteiger partial charge in [0.2, 0.25) is 0 Å². The van der Waals surface area contributed by atoms with E-state index in [1.165, 1.54) is 95.6 Å². The number of rotatable bonds is 10. The molecule has 0 atom stereocenters. The Morgan fingerprint density at radius 3 is 2.16 bits per heavy atom. The van der Waals surface area contributed by atoms with Crippen molar-refractivity contribution in [2.45, 2.75) is 103 Å². The fourth-order valence-electron chi connectivity index (χ4n) is 5.91. The second-order valence-corrected chi connectivity index (χ2v) is 10.2. The molecule has 176 valence electrons. The number of nitriles is 1. The van der Waals surface area contributed by atoms with Crippen LogP contribution in [0.4, 0.5) is 4.39 Å². The van der Waals surface area contributed by atoms with Crippen molar-refractivity contribution in [1.29, 1.82) is 5.26 Å². The van der Waals surface area contributed by atoms with Gasteiger partial charge in [0, 0.05) is 12.5 Å². The summed E-state index contributed by atoms with van der Waals surface area (Å²) in [4.78, 5) is 12.2. The third-order valence-electron chi connectivity index (χ3n) is 7.96. The minimum Gasteiger partial charge on any atom is -0.426 e. The highest BCUT2D eigenvalue weighted by atomic mass is 19.1. The molecule has 1 aromatic carbocycles. The second kappa shape index (κ2) is 13.0. The van der Waals surface area contributed by atoms with E-state index in [0.717, 1.165) is 30.2 Å². The predicted octanol–water partition coefficient (Wildman–Crippen LogP) is 7.97. The van der Waals surface area contributed by atoms with Crippen molar-refractivity contribution in [2.24, 2.45) is 23.7 Å². The van der Waals surface area contributed by atoms with Gasteiger partial charge in [-0.05, 0) is 67.9 Å². The van der Waals surface area contributed by atoms with Crippen LogP contribution < -0.4 is 4.74 Å². The molecule has 32 heavy (non-hydrogen) atoms. The average molecular weight is 442 g/mol. The van der Waals surface area contributed by atoms with Crippen LogP contribution in [0.2, 0.25) is 0 Å². The first-order valence-corrected chi connectivity index (χ1v) is 13.0. The molecule has 0 saturated heterocycles. The molecule has 2 aliphatic carbocycles. The first kappa shape index (κ1) is 24.7. The molecule has 0 bridgehead atoms. The van der Waals surface area contributed by atoms with E-state index in [0.29, 0.717) is 12.3 Å². The lowest BCUT2D eigenvalue weighted by Crippen LogP contribution is -2.26. The van der Waals surface area contributed by atoms with Crippen molar-refractivity contribution >= 4 is 5.97 Å². The maximum atomic E-state index is 13.7. The number of benzene rings is 1. The minimum absolute atomic E-state index is 0.0398. The van der Waals surface area contributed by atoms with Crippen molar-refractivity contribution in [2.75, 3.05) is 0 Å². The number of hydrogen-bond donors (Lipinski definition) is 0. The summed E-state index contributed by atoms with van der Waals surface area (Å²) in [5, 5.41) is 8.78. The Hall–Kier alpha value is -1.89. The molecule has 2 fully saturated rings. The zero-order chi connectivity index (χ0) is 22.8. The molecule has 0 spiro atoms. The normalized spacial score (nSPS) is 25.8. The van der Waals surface area contributed by atoms with Crippen LogP contribution in [-0.4, -0.2) is 5.97 Å². The summed E-state index contributed by atoms with van der Waals surface area (Å²) in [5.74, 6) is 2.62. The number of nitrogens with zero attached hydrogens (tertiary/aromatic N) is 1. The molecular formula is C28H40FNO2. The lowest BCUT2D eigenvalue weighted by Gasteiger charge is -2.38. The van der Waals surface area contributed by atoms with Gasteiger partial charge in [-0.15, -0.1) is 0 Å². The third-order valence-corrected chi connectivity index (χ3v) is 7.96. The van der Waals surface area contributed by atoms with Crippen molar-refractivity contribution in [3.8, 4) is 11.8 Å². The number of carbonyl (C=O) groups is 1. The van der Waals surface area contributed by atoms with Gasteiger partial charge in [-0.1, -0.05) is 64.7 Å². The molecule has 0 N–H and O–H groups in total. The minimum atomic E-state index is -0.651. The fourth-order valence-corrected chi connectivity index (χ4v) is 5.91. The molecule has 1 aromatic rings. The first-order chi connectivity index (χ1) is 15.6. The van der Waals surface area contributed by atoms with Gasteiger partial charge in [0.05, 0.1) is 5.56 Å². The molecular weight excluding hydrogens is 401 g/mol. The van der Waals surface area contributed by atoms with Gasteiger partial charge >= 0.3 is 5.97 Å². The standard InChI is InChI=1S/C28H40FNO2/c1-2-3-4-5-6-21-7-12-23(13-8-21)24-14-9-22(10-15-24)11-18-28(31)32-26-17-16-25(20-30)27(29)19-26/h16-17,19,21-24H,2-15,18H2,1H3/t21-,22?,23-,24?. The highest BCUT2D eigenvalue weighted by molar-refractivity contribution is 5.72. The molecule has 3 nitrogen and oxygen atoms in total. The molecule has 2 aliphatic rings. The van der Waals surface area contributed by atoms with Gasteiger partial charge in [-0.25, -0.2) is 4.39 Å². The summed E-state index contributed by atoms with van der Waals surface area (Å²) >= 11 is 0. The van der Waals surface area contributed by atoms with E-state index < -0.39 is 5.82 Å². The lowest BCUT2D eigenvalue weighted by atomic mass is 9.68. The first-order valence-electron chi connectivity index (χ1n) is 13.0. The summed E-state index contributed by atoms with van der Waals surface area (Å²) in [6, 6.07) is 5.71. The number of ether oxygens (including phenoxy) is 1.